The Balaban J connectivity index is 2.01. The lowest BCUT2D eigenvalue weighted by Gasteiger charge is -2.11. The number of rotatable bonds is 5. The maximum absolute atomic E-state index is 12.6. The molecule has 2 aromatic heterocycles. The van der Waals surface area contributed by atoms with Gasteiger partial charge in [-0.2, -0.15) is 0 Å². The van der Waals surface area contributed by atoms with Crippen LogP contribution in [0.1, 0.15) is 19.0 Å². The average molecular weight is 353 g/mol. The molecule has 0 radical (unpaired) electrons. The van der Waals surface area contributed by atoms with Gasteiger partial charge in [0.05, 0.1) is 10.9 Å². The first-order chi connectivity index (χ1) is 10.7. The van der Waals surface area contributed by atoms with Gasteiger partial charge in [-0.25, -0.2) is 4.98 Å². The molecule has 5 nitrogen and oxygen atoms in total. The molecule has 3 aromatic rings. The molecular weight excluding hydrogens is 340 g/mol. The molecule has 3 rings (SSSR count). The Morgan fingerprint density at radius 2 is 2.18 bits per heavy atom. The van der Waals surface area contributed by atoms with Crippen molar-refractivity contribution in [3.63, 3.8) is 0 Å². The molecule has 0 saturated carbocycles. The SMILES string of the molecule is CCCn1c(SCc2nnsc2Cl)nc2ccccc2c1=O. The van der Waals surface area contributed by atoms with E-state index in [1.54, 1.807) is 4.57 Å². The molecule has 0 fully saturated rings. The Labute approximate surface area is 140 Å². The summed E-state index contributed by atoms with van der Waals surface area (Å²) in [7, 11) is 0. The summed E-state index contributed by atoms with van der Waals surface area (Å²) in [5.41, 5.74) is 1.43. The molecule has 0 unspecified atom stereocenters. The first kappa shape index (κ1) is 15.5. The van der Waals surface area contributed by atoms with Gasteiger partial charge in [0, 0.05) is 23.8 Å². The van der Waals surface area contributed by atoms with E-state index in [2.05, 4.69) is 14.6 Å². The van der Waals surface area contributed by atoms with Crippen molar-refractivity contribution in [3.8, 4) is 0 Å². The number of hydrogen-bond acceptors (Lipinski definition) is 6. The minimum Gasteiger partial charge on any atom is -0.287 e. The molecule has 0 aliphatic carbocycles. The van der Waals surface area contributed by atoms with Gasteiger partial charge in [-0.1, -0.05) is 46.9 Å². The Hall–Kier alpha value is -1.44. The quantitative estimate of drug-likeness (QED) is 0.518. The molecule has 8 heteroatoms. The fourth-order valence-electron chi connectivity index (χ4n) is 2.09. The van der Waals surface area contributed by atoms with Crippen molar-refractivity contribution in [3.05, 3.63) is 44.6 Å². The Morgan fingerprint density at radius 3 is 2.91 bits per heavy atom. The zero-order valence-electron chi connectivity index (χ0n) is 11.8. The first-order valence-corrected chi connectivity index (χ1v) is 8.93. The molecule has 0 amide bonds. The predicted molar refractivity (Wildman–Crippen MR) is 90.8 cm³/mol. The molecule has 0 N–H and O–H groups in total. The lowest BCUT2D eigenvalue weighted by atomic mass is 10.2. The van der Waals surface area contributed by atoms with Gasteiger partial charge in [-0.3, -0.25) is 9.36 Å². The summed E-state index contributed by atoms with van der Waals surface area (Å²) in [6.45, 7) is 2.68. The summed E-state index contributed by atoms with van der Waals surface area (Å²) in [6, 6.07) is 7.41. The number of aromatic nitrogens is 4. The molecule has 0 atom stereocenters. The lowest BCUT2D eigenvalue weighted by molar-refractivity contribution is 0.584. The van der Waals surface area contributed by atoms with Crippen molar-refractivity contribution in [1.82, 2.24) is 19.1 Å². The fraction of sp³-hybridized carbons (Fsp3) is 0.286. The van der Waals surface area contributed by atoms with Crippen LogP contribution >= 0.6 is 34.9 Å². The van der Waals surface area contributed by atoms with Crippen LogP contribution in [0.4, 0.5) is 0 Å². The third-order valence-electron chi connectivity index (χ3n) is 3.12. The number of para-hydroxylation sites is 1. The zero-order valence-corrected chi connectivity index (χ0v) is 14.2. The average Bonchev–Trinajstić information content (AvgIpc) is 2.94. The maximum atomic E-state index is 12.6. The molecule has 0 spiro atoms. The topological polar surface area (TPSA) is 60.7 Å². The van der Waals surface area contributed by atoms with Crippen molar-refractivity contribution in [2.45, 2.75) is 30.8 Å². The monoisotopic (exact) mass is 352 g/mol. The van der Waals surface area contributed by atoms with Gasteiger partial charge in [0.25, 0.3) is 5.56 Å². The van der Waals surface area contributed by atoms with E-state index in [1.165, 1.54) is 11.8 Å². The van der Waals surface area contributed by atoms with Crippen LogP contribution in [0.5, 0.6) is 0 Å². The second kappa shape index (κ2) is 6.76. The van der Waals surface area contributed by atoms with E-state index in [0.717, 1.165) is 23.6 Å². The van der Waals surface area contributed by atoms with Gasteiger partial charge in [0.15, 0.2) is 5.16 Å². The van der Waals surface area contributed by atoms with Gasteiger partial charge in [0.1, 0.15) is 10.0 Å². The van der Waals surface area contributed by atoms with Gasteiger partial charge >= 0.3 is 0 Å². The fourth-order valence-corrected chi connectivity index (χ4v) is 3.85. The van der Waals surface area contributed by atoms with Crippen LogP contribution in [0, 0.1) is 0 Å². The summed E-state index contributed by atoms with van der Waals surface area (Å²) in [6.07, 6.45) is 0.868. The summed E-state index contributed by atoms with van der Waals surface area (Å²) in [4.78, 5) is 17.2. The molecule has 0 aliphatic rings. The van der Waals surface area contributed by atoms with E-state index in [4.69, 9.17) is 11.6 Å². The summed E-state index contributed by atoms with van der Waals surface area (Å²) >= 11 is 8.65. The highest BCUT2D eigenvalue weighted by molar-refractivity contribution is 7.98. The van der Waals surface area contributed by atoms with Crippen molar-refractivity contribution in [1.29, 1.82) is 0 Å². The zero-order chi connectivity index (χ0) is 15.5. The maximum Gasteiger partial charge on any atom is 0.262 e. The highest BCUT2D eigenvalue weighted by atomic mass is 35.5. The summed E-state index contributed by atoms with van der Waals surface area (Å²) in [5.74, 6) is 0.545. The van der Waals surface area contributed by atoms with Crippen LogP contribution in [0.25, 0.3) is 10.9 Å². The summed E-state index contributed by atoms with van der Waals surface area (Å²) in [5, 5.41) is 5.33. The molecule has 2 heterocycles. The lowest BCUT2D eigenvalue weighted by Crippen LogP contribution is -2.23. The van der Waals surface area contributed by atoms with E-state index in [0.29, 0.717) is 32.7 Å². The highest BCUT2D eigenvalue weighted by Gasteiger charge is 2.13. The molecule has 0 aliphatic heterocycles. The number of nitrogens with zero attached hydrogens (tertiary/aromatic N) is 4. The van der Waals surface area contributed by atoms with Crippen LogP contribution < -0.4 is 5.56 Å². The minimum absolute atomic E-state index is 0.00236. The standard InChI is InChI=1S/C14H13ClN4OS2/c1-2-7-19-13(20)9-5-3-4-6-10(9)16-14(19)21-8-11-12(15)22-18-17-11/h3-6H,2,7-8H2,1H3. The molecule has 0 bridgehead atoms. The number of thioether (sulfide) groups is 1. The Bertz CT molecular complexity index is 861. The second-order valence-corrected chi connectivity index (χ2v) is 6.95. The van der Waals surface area contributed by atoms with Crippen LogP contribution in [0.3, 0.4) is 0 Å². The van der Waals surface area contributed by atoms with E-state index in [-0.39, 0.29) is 5.56 Å². The van der Waals surface area contributed by atoms with Gasteiger partial charge in [-0.05, 0) is 18.6 Å². The van der Waals surface area contributed by atoms with E-state index >= 15 is 0 Å². The summed E-state index contributed by atoms with van der Waals surface area (Å²) < 4.78 is 6.12. The van der Waals surface area contributed by atoms with Crippen molar-refractivity contribution in [2.75, 3.05) is 0 Å². The molecule has 114 valence electrons. The third-order valence-corrected chi connectivity index (χ3v) is 5.09. The highest BCUT2D eigenvalue weighted by Crippen LogP contribution is 2.26. The normalized spacial score (nSPS) is 11.2. The largest absolute Gasteiger partial charge is 0.287 e. The smallest absolute Gasteiger partial charge is 0.262 e. The van der Waals surface area contributed by atoms with Crippen LogP contribution in [-0.2, 0) is 12.3 Å². The molecule has 22 heavy (non-hydrogen) atoms. The van der Waals surface area contributed by atoms with E-state index in [1.807, 2.05) is 31.2 Å². The number of fused-ring (bicyclic) bond motifs is 1. The predicted octanol–water partition coefficient (Wildman–Crippen LogP) is 3.60. The second-order valence-electron chi connectivity index (χ2n) is 4.65. The number of benzene rings is 1. The molecule has 1 aromatic carbocycles. The van der Waals surface area contributed by atoms with Crippen LogP contribution in [-0.4, -0.2) is 19.1 Å². The van der Waals surface area contributed by atoms with Crippen LogP contribution in [0.2, 0.25) is 4.34 Å². The van der Waals surface area contributed by atoms with Gasteiger partial charge < -0.3 is 0 Å². The van der Waals surface area contributed by atoms with Crippen molar-refractivity contribution >= 4 is 45.8 Å². The van der Waals surface area contributed by atoms with E-state index in [9.17, 15) is 4.79 Å². The molecule has 0 saturated heterocycles. The third kappa shape index (κ3) is 3.02. The van der Waals surface area contributed by atoms with Crippen LogP contribution in [0.15, 0.2) is 34.2 Å². The number of hydrogen-bond donors (Lipinski definition) is 0. The van der Waals surface area contributed by atoms with Crippen molar-refractivity contribution < 1.29 is 0 Å². The van der Waals surface area contributed by atoms with E-state index < -0.39 is 0 Å². The van der Waals surface area contributed by atoms with Crippen molar-refractivity contribution in [2.24, 2.45) is 0 Å². The number of halogens is 1. The first-order valence-electron chi connectivity index (χ1n) is 6.79. The minimum atomic E-state index is -0.00236. The Morgan fingerprint density at radius 1 is 1.36 bits per heavy atom. The Kier molecular flexibility index (Phi) is 4.75. The molecular formula is C14H13ClN4OS2. The van der Waals surface area contributed by atoms with Gasteiger partial charge in [0.2, 0.25) is 0 Å². The van der Waals surface area contributed by atoms with Gasteiger partial charge in [-0.15, -0.1) is 5.10 Å².